The van der Waals surface area contributed by atoms with Crippen molar-refractivity contribution in [2.75, 3.05) is 7.11 Å². The van der Waals surface area contributed by atoms with Crippen molar-refractivity contribution in [1.82, 2.24) is 9.88 Å². The number of esters is 1. The average molecular weight is 525 g/mol. The van der Waals surface area contributed by atoms with Crippen LogP contribution in [-0.2, 0) is 16.1 Å². The molecule has 0 spiro atoms. The Morgan fingerprint density at radius 3 is 2.29 bits per heavy atom. The third kappa shape index (κ3) is 7.40. The molecule has 180 valence electrons. The number of aromatic nitrogens is 1. The minimum absolute atomic E-state index is 0.0116. The summed E-state index contributed by atoms with van der Waals surface area (Å²) >= 11 is 3.55. The molecule has 1 heterocycles. The molecule has 0 saturated heterocycles. The first-order valence-electron chi connectivity index (χ1n) is 11.4. The third-order valence-electron chi connectivity index (χ3n) is 5.59. The maximum absolute atomic E-state index is 13.0. The smallest absolute Gasteiger partial charge is 0.308 e. The molecule has 1 aromatic heterocycles. The molecule has 0 saturated carbocycles. The van der Waals surface area contributed by atoms with Crippen molar-refractivity contribution in [2.24, 2.45) is 0 Å². The van der Waals surface area contributed by atoms with E-state index in [1.54, 1.807) is 13.3 Å². The normalized spacial score (nSPS) is 13.4. The summed E-state index contributed by atoms with van der Waals surface area (Å²) in [6.07, 6.45) is 3.80. The van der Waals surface area contributed by atoms with E-state index in [1.165, 1.54) is 5.56 Å². The Hall–Kier alpha value is -2.70. The van der Waals surface area contributed by atoms with Gasteiger partial charge < -0.3 is 9.47 Å². The van der Waals surface area contributed by atoms with Gasteiger partial charge in [0.25, 0.3) is 0 Å². The van der Waals surface area contributed by atoms with Crippen LogP contribution in [0.2, 0.25) is 0 Å². The Morgan fingerprint density at radius 2 is 1.71 bits per heavy atom. The number of ether oxygens (including phenoxy) is 2. The van der Waals surface area contributed by atoms with E-state index in [0.29, 0.717) is 6.54 Å². The van der Waals surface area contributed by atoms with Crippen molar-refractivity contribution < 1.29 is 14.3 Å². The van der Waals surface area contributed by atoms with Gasteiger partial charge in [-0.3, -0.25) is 14.7 Å². The van der Waals surface area contributed by atoms with E-state index in [4.69, 9.17) is 9.47 Å². The highest BCUT2D eigenvalue weighted by Gasteiger charge is 2.30. The van der Waals surface area contributed by atoms with Gasteiger partial charge in [-0.05, 0) is 78.5 Å². The van der Waals surface area contributed by atoms with Crippen LogP contribution in [0, 0.1) is 0 Å². The number of carbonyl (C=O) groups excluding carboxylic acids is 1. The molecular weight excluding hydrogens is 492 g/mol. The van der Waals surface area contributed by atoms with Crippen LogP contribution in [0.15, 0.2) is 77.5 Å². The SMILES string of the molecule is COc1ccc([C@@H](C)N(Cc2ccccc2)[C@@H](CC(=O)OC(C)(C)C)c2cncc(Br)c2)cc1. The molecule has 2 aromatic carbocycles. The molecule has 5 nitrogen and oxygen atoms in total. The molecule has 3 rings (SSSR count). The largest absolute Gasteiger partial charge is 0.497 e. The van der Waals surface area contributed by atoms with Crippen molar-refractivity contribution in [2.45, 2.75) is 58.3 Å². The van der Waals surface area contributed by atoms with Crippen LogP contribution in [0.5, 0.6) is 5.75 Å². The lowest BCUT2D eigenvalue weighted by Crippen LogP contribution is -2.34. The minimum atomic E-state index is -0.553. The lowest BCUT2D eigenvalue weighted by atomic mass is 9.97. The highest BCUT2D eigenvalue weighted by atomic mass is 79.9. The summed E-state index contributed by atoms with van der Waals surface area (Å²) in [5.41, 5.74) is 2.70. The van der Waals surface area contributed by atoms with Gasteiger partial charge in [-0.1, -0.05) is 42.5 Å². The number of hydrogen-bond donors (Lipinski definition) is 0. The molecule has 34 heavy (non-hydrogen) atoms. The minimum Gasteiger partial charge on any atom is -0.497 e. The zero-order valence-corrected chi connectivity index (χ0v) is 22.1. The number of hydrogen-bond acceptors (Lipinski definition) is 5. The molecule has 3 aromatic rings. The van der Waals surface area contributed by atoms with E-state index in [9.17, 15) is 4.79 Å². The van der Waals surface area contributed by atoms with Gasteiger partial charge in [0, 0.05) is 35.5 Å². The van der Waals surface area contributed by atoms with Crippen molar-refractivity contribution in [3.8, 4) is 5.75 Å². The molecule has 0 aliphatic rings. The zero-order chi connectivity index (χ0) is 24.7. The van der Waals surface area contributed by atoms with Gasteiger partial charge in [-0.2, -0.15) is 0 Å². The second-order valence-electron chi connectivity index (χ2n) is 9.35. The van der Waals surface area contributed by atoms with E-state index in [1.807, 2.05) is 63.4 Å². The maximum atomic E-state index is 13.0. The Kier molecular flexibility index (Phi) is 8.86. The van der Waals surface area contributed by atoms with Crippen molar-refractivity contribution in [1.29, 1.82) is 0 Å². The summed E-state index contributed by atoms with van der Waals surface area (Å²) < 4.78 is 11.9. The number of benzene rings is 2. The fraction of sp³-hybridized carbons (Fsp3) is 0.357. The van der Waals surface area contributed by atoms with Crippen LogP contribution in [-0.4, -0.2) is 28.6 Å². The predicted molar refractivity (Wildman–Crippen MR) is 139 cm³/mol. The van der Waals surface area contributed by atoms with Crippen LogP contribution in [0.25, 0.3) is 0 Å². The number of pyridine rings is 1. The highest BCUT2D eigenvalue weighted by molar-refractivity contribution is 9.10. The molecule has 0 unspecified atom stereocenters. The van der Waals surface area contributed by atoms with Gasteiger partial charge >= 0.3 is 5.97 Å². The van der Waals surface area contributed by atoms with Gasteiger partial charge in [0.15, 0.2) is 0 Å². The van der Waals surface area contributed by atoms with Crippen molar-refractivity contribution in [3.63, 3.8) is 0 Å². The lowest BCUT2D eigenvalue weighted by Gasteiger charge is -2.37. The summed E-state index contributed by atoms with van der Waals surface area (Å²) in [5.74, 6) is 0.574. The van der Waals surface area contributed by atoms with Gasteiger partial charge in [-0.25, -0.2) is 0 Å². The van der Waals surface area contributed by atoms with Crippen molar-refractivity contribution >= 4 is 21.9 Å². The molecule has 0 fully saturated rings. The van der Waals surface area contributed by atoms with E-state index < -0.39 is 5.60 Å². The first-order valence-corrected chi connectivity index (χ1v) is 12.2. The standard InChI is InChI=1S/C28H33BrN2O3/c1-20(22-11-13-25(33-5)14-12-22)31(19-21-9-7-6-8-10-21)26(16-27(32)34-28(2,3)4)23-15-24(29)18-30-17-23/h6-15,17-18,20,26H,16,19H2,1-5H3/t20-,26+/m1/s1. The summed E-state index contributed by atoms with van der Waals surface area (Å²) in [5, 5.41) is 0. The van der Waals surface area contributed by atoms with Crippen LogP contribution in [0.4, 0.5) is 0 Å². The number of carbonyl (C=O) groups is 1. The molecular formula is C28H33BrN2O3. The first-order chi connectivity index (χ1) is 16.2. The molecule has 0 amide bonds. The fourth-order valence-corrected chi connectivity index (χ4v) is 4.35. The Bertz CT molecular complexity index is 1070. The number of halogens is 1. The average Bonchev–Trinajstić information content (AvgIpc) is 2.80. The molecule has 0 N–H and O–H groups in total. The molecule has 6 heteroatoms. The zero-order valence-electron chi connectivity index (χ0n) is 20.5. The summed E-state index contributed by atoms with van der Waals surface area (Å²) in [6.45, 7) is 8.50. The molecule has 0 aliphatic heterocycles. The predicted octanol–water partition coefficient (Wildman–Crippen LogP) is 6.89. The Balaban J connectivity index is 2.04. The number of rotatable bonds is 9. The Morgan fingerprint density at radius 1 is 1.03 bits per heavy atom. The second-order valence-corrected chi connectivity index (χ2v) is 10.3. The van der Waals surface area contributed by atoms with E-state index in [0.717, 1.165) is 21.3 Å². The van der Waals surface area contributed by atoms with Crippen LogP contribution >= 0.6 is 15.9 Å². The molecule has 0 radical (unpaired) electrons. The van der Waals surface area contributed by atoms with E-state index >= 15 is 0 Å². The Labute approximate surface area is 211 Å². The van der Waals surface area contributed by atoms with Crippen molar-refractivity contribution in [3.05, 3.63) is 94.2 Å². The highest BCUT2D eigenvalue weighted by Crippen LogP contribution is 2.36. The van der Waals surface area contributed by atoms with Gasteiger partial charge in [0.2, 0.25) is 0 Å². The molecule has 0 bridgehead atoms. The second kappa shape index (κ2) is 11.6. The number of nitrogens with zero attached hydrogens (tertiary/aromatic N) is 2. The topological polar surface area (TPSA) is 51.7 Å². The van der Waals surface area contributed by atoms with Crippen LogP contribution in [0.1, 0.15) is 62.9 Å². The maximum Gasteiger partial charge on any atom is 0.308 e. The number of methoxy groups -OCH3 is 1. The first kappa shape index (κ1) is 25.9. The fourth-order valence-electron chi connectivity index (χ4n) is 3.96. The lowest BCUT2D eigenvalue weighted by molar-refractivity contribution is -0.156. The van der Waals surface area contributed by atoms with E-state index in [-0.39, 0.29) is 24.5 Å². The van der Waals surface area contributed by atoms with Gasteiger partial charge in [0.05, 0.1) is 13.5 Å². The quantitative estimate of drug-likeness (QED) is 0.285. The van der Waals surface area contributed by atoms with E-state index in [2.05, 4.69) is 57.0 Å². The van der Waals surface area contributed by atoms with Gasteiger partial charge in [0.1, 0.15) is 11.4 Å². The molecule has 0 aliphatic carbocycles. The summed E-state index contributed by atoms with van der Waals surface area (Å²) in [4.78, 5) is 19.8. The monoisotopic (exact) mass is 524 g/mol. The summed E-state index contributed by atoms with van der Waals surface area (Å²) in [6, 6.07) is 20.2. The van der Waals surface area contributed by atoms with Crippen LogP contribution in [0.3, 0.4) is 0 Å². The summed E-state index contributed by atoms with van der Waals surface area (Å²) in [7, 11) is 1.66. The van der Waals surface area contributed by atoms with Gasteiger partial charge in [-0.15, -0.1) is 0 Å². The van der Waals surface area contributed by atoms with Crippen LogP contribution < -0.4 is 4.74 Å². The molecule has 2 atom stereocenters. The third-order valence-corrected chi connectivity index (χ3v) is 6.03.